The molecule has 1 fully saturated rings. The summed E-state index contributed by atoms with van der Waals surface area (Å²) >= 11 is 5.93. The second kappa shape index (κ2) is 8.77. The molecule has 0 N–H and O–H groups in total. The van der Waals surface area contributed by atoms with Crippen molar-refractivity contribution in [1.82, 2.24) is 24.6 Å². The summed E-state index contributed by atoms with van der Waals surface area (Å²) in [6, 6.07) is 13.8. The molecule has 0 aliphatic carbocycles. The molecule has 33 heavy (non-hydrogen) atoms. The molecule has 1 atom stereocenters. The molecule has 4 aromatic rings. The molecule has 0 spiro atoms. The Hall–Kier alpha value is -2.95. The second-order valence-electron chi connectivity index (χ2n) is 8.18. The molecule has 1 aliphatic rings. The Morgan fingerprint density at radius 1 is 1.18 bits per heavy atom. The maximum absolute atomic E-state index is 13.2. The third-order valence-corrected chi connectivity index (χ3v) is 7.79. The van der Waals surface area contributed by atoms with E-state index in [9.17, 15) is 8.42 Å². The summed E-state index contributed by atoms with van der Waals surface area (Å²) in [6.07, 6.45) is 1.90. The van der Waals surface area contributed by atoms with Crippen molar-refractivity contribution in [2.45, 2.75) is 31.3 Å². The third-order valence-electron chi connectivity index (χ3n) is 5.67. The highest BCUT2D eigenvalue weighted by Crippen LogP contribution is 2.26. The zero-order chi connectivity index (χ0) is 23.0. The van der Waals surface area contributed by atoms with Gasteiger partial charge in [-0.05, 0) is 54.3 Å². The number of nitrogens with zero attached hydrogens (tertiary/aromatic N) is 5. The fourth-order valence-electron chi connectivity index (χ4n) is 3.91. The monoisotopic (exact) mass is 487 g/mol. The first-order valence-electron chi connectivity index (χ1n) is 10.6. The lowest BCUT2D eigenvalue weighted by Gasteiger charge is -2.30. The van der Waals surface area contributed by atoms with Crippen molar-refractivity contribution in [3.8, 4) is 11.3 Å². The number of hydrogen-bond acceptors (Lipinski definition) is 7. The van der Waals surface area contributed by atoms with Gasteiger partial charge in [-0.1, -0.05) is 40.7 Å². The maximum Gasteiger partial charge on any atom is 0.243 e. The number of piperidine rings is 1. The van der Waals surface area contributed by atoms with Gasteiger partial charge in [-0.25, -0.2) is 8.42 Å². The van der Waals surface area contributed by atoms with Gasteiger partial charge in [0.1, 0.15) is 16.7 Å². The molecule has 5 rings (SSSR count). The molecular formula is C22H22ClN5O4S. The van der Waals surface area contributed by atoms with E-state index >= 15 is 0 Å². The Kier molecular flexibility index (Phi) is 5.81. The molecule has 2 aromatic carbocycles. The van der Waals surface area contributed by atoms with Crippen LogP contribution in [0.3, 0.4) is 0 Å². The Labute approximate surface area is 195 Å². The van der Waals surface area contributed by atoms with Crippen LogP contribution in [-0.4, -0.2) is 46.1 Å². The molecule has 11 heteroatoms. The predicted molar refractivity (Wildman–Crippen MR) is 122 cm³/mol. The van der Waals surface area contributed by atoms with Crippen molar-refractivity contribution in [3.05, 3.63) is 59.3 Å². The fraction of sp³-hybridized carbons (Fsp3) is 0.318. The van der Waals surface area contributed by atoms with E-state index in [-0.39, 0.29) is 11.5 Å². The van der Waals surface area contributed by atoms with Crippen LogP contribution in [0.2, 0.25) is 5.02 Å². The minimum absolute atomic E-state index is 0.0413. The van der Waals surface area contributed by atoms with Crippen LogP contribution in [0.4, 0.5) is 0 Å². The van der Waals surface area contributed by atoms with E-state index in [0.29, 0.717) is 46.5 Å². The van der Waals surface area contributed by atoms with Crippen molar-refractivity contribution in [3.63, 3.8) is 0 Å². The van der Waals surface area contributed by atoms with Crippen molar-refractivity contribution in [1.29, 1.82) is 0 Å². The average Bonchev–Trinajstić information content (AvgIpc) is 3.45. The topological polar surface area (TPSA) is 103 Å². The van der Waals surface area contributed by atoms with E-state index in [1.807, 2.05) is 12.1 Å². The minimum Gasteiger partial charge on any atom is -0.387 e. The van der Waals surface area contributed by atoms with E-state index in [1.165, 1.54) is 4.85 Å². The van der Waals surface area contributed by atoms with E-state index in [1.54, 1.807) is 40.7 Å². The highest BCUT2D eigenvalue weighted by molar-refractivity contribution is 7.89. The molecule has 1 unspecified atom stereocenters. The number of aromatic nitrogens is 4. The SMILES string of the molecule is CC1CCCN(S(=O)(=O)c2ccc3nnn(OCc4cc(-c5ccc(Cl)cc5)no4)c3c2)C1. The van der Waals surface area contributed by atoms with Crippen molar-refractivity contribution < 1.29 is 17.8 Å². The highest BCUT2D eigenvalue weighted by Gasteiger charge is 2.29. The van der Waals surface area contributed by atoms with Crippen molar-refractivity contribution in [2.75, 3.05) is 13.1 Å². The van der Waals surface area contributed by atoms with E-state index in [4.69, 9.17) is 21.0 Å². The Balaban J connectivity index is 1.35. The van der Waals surface area contributed by atoms with Gasteiger partial charge in [-0.2, -0.15) is 4.31 Å². The van der Waals surface area contributed by atoms with Gasteiger partial charge < -0.3 is 9.36 Å². The molecule has 0 saturated carbocycles. The highest BCUT2D eigenvalue weighted by atomic mass is 35.5. The van der Waals surface area contributed by atoms with Crippen LogP contribution in [0.1, 0.15) is 25.5 Å². The molecule has 1 aliphatic heterocycles. The summed E-state index contributed by atoms with van der Waals surface area (Å²) in [5.74, 6) is 0.821. The Bertz CT molecular complexity index is 1380. The van der Waals surface area contributed by atoms with Crippen LogP contribution in [0, 0.1) is 5.92 Å². The molecule has 0 bridgehead atoms. The number of sulfonamides is 1. The summed E-state index contributed by atoms with van der Waals surface area (Å²) in [5, 5.41) is 12.7. The smallest absolute Gasteiger partial charge is 0.243 e. The summed E-state index contributed by atoms with van der Waals surface area (Å²) in [5.41, 5.74) is 2.50. The standard InChI is InChI=1S/C22H22ClN5O4S/c1-15-3-2-10-27(13-15)33(29,30)19-8-9-20-22(12-19)28(26-24-20)31-14-18-11-21(25-32-18)16-4-6-17(23)7-5-16/h4-9,11-12,15H,2-3,10,13-14H2,1H3. The number of halogens is 1. The lowest BCUT2D eigenvalue weighted by atomic mass is 10.0. The zero-order valence-corrected chi connectivity index (χ0v) is 19.5. The van der Waals surface area contributed by atoms with E-state index in [0.717, 1.165) is 18.4 Å². The van der Waals surface area contributed by atoms with E-state index in [2.05, 4.69) is 22.4 Å². The van der Waals surface area contributed by atoms with Gasteiger partial charge in [-0.3, -0.25) is 0 Å². The largest absolute Gasteiger partial charge is 0.387 e. The lowest BCUT2D eigenvalue weighted by Crippen LogP contribution is -2.39. The molecular weight excluding hydrogens is 466 g/mol. The summed E-state index contributed by atoms with van der Waals surface area (Å²) in [4.78, 5) is 7.12. The van der Waals surface area contributed by atoms with Crippen LogP contribution >= 0.6 is 11.6 Å². The number of hydrogen-bond donors (Lipinski definition) is 0. The zero-order valence-electron chi connectivity index (χ0n) is 17.9. The molecule has 2 aromatic heterocycles. The van der Waals surface area contributed by atoms with Crippen LogP contribution in [0.5, 0.6) is 0 Å². The lowest BCUT2D eigenvalue weighted by molar-refractivity contribution is 0.0610. The first-order valence-corrected chi connectivity index (χ1v) is 12.4. The van der Waals surface area contributed by atoms with Crippen molar-refractivity contribution in [2.24, 2.45) is 5.92 Å². The molecule has 0 amide bonds. The third kappa shape index (κ3) is 4.46. The predicted octanol–water partition coefficient (Wildman–Crippen LogP) is 3.79. The molecule has 3 heterocycles. The molecule has 0 radical (unpaired) electrons. The maximum atomic E-state index is 13.2. The van der Waals surface area contributed by atoms with Gasteiger partial charge in [0.2, 0.25) is 10.0 Å². The van der Waals surface area contributed by atoms with Crippen LogP contribution in [0.15, 0.2) is 57.9 Å². The van der Waals surface area contributed by atoms with Crippen LogP contribution in [-0.2, 0) is 16.6 Å². The summed E-state index contributed by atoms with van der Waals surface area (Å²) in [7, 11) is -3.61. The number of benzene rings is 2. The quantitative estimate of drug-likeness (QED) is 0.407. The number of fused-ring (bicyclic) bond motifs is 1. The van der Waals surface area contributed by atoms with Crippen LogP contribution < -0.4 is 4.84 Å². The van der Waals surface area contributed by atoms with Gasteiger partial charge in [0.15, 0.2) is 12.4 Å². The second-order valence-corrected chi connectivity index (χ2v) is 10.6. The first kappa shape index (κ1) is 21.9. The minimum atomic E-state index is -3.61. The van der Waals surface area contributed by atoms with Gasteiger partial charge in [-0.15, -0.1) is 5.10 Å². The van der Waals surface area contributed by atoms with Crippen LogP contribution in [0.25, 0.3) is 22.3 Å². The van der Waals surface area contributed by atoms with Crippen molar-refractivity contribution >= 4 is 32.7 Å². The van der Waals surface area contributed by atoms with E-state index < -0.39 is 10.0 Å². The molecule has 1 saturated heterocycles. The van der Waals surface area contributed by atoms with Gasteiger partial charge >= 0.3 is 0 Å². The van der Waals surface area contributed by atoms with Gasteiger partial charge in [0.25, 0.3) is 0 Å². The first-order chi connectivity index (χ1) is 15.9. The number of rotatable bonds is 6. The summed E-state index contributed by atoms with van der Waals surface area (Å²) in [6.45, 7) is 3.16. The Morgan fingerprint density at radius 3 is 2.79 bits per heavy atom. The normalized spacial score (nSPS) is 17.5. The fourth-order valence-corrected chi connectivity index (χ4v) is 5.65. The molecule has 9 nitrogen and oxygen atoms in total. The van der Waals surface area contributed by atoms with Gasteiger partial charge in [0.05, 0.1) is 4.90 Å². The Morgan fingerprint density at radius 2 is 2.00 bits per heavy atom. The summed E-state index contributed by atoms with van der Waals surface area (Å²) < 4.78 is 33.2. The molecule has 172 valence electrons. The average molecular weight is 488 g/mol. The van der Waals surface area contributed by atoms with Gasteiger partial charge in [0, 0.05) is 29.7 Å².